The fourth-order valence-electron chi connectivity index (χ4n) is 1.60. The first-order valence-electron chi connectivity index (χ1n) is 6.07. The van der Waals surface area contributed by atoms with Crippen molar-refractivity contribution in [1.29, 1.82) is 0 Å². The highest BCUT2D eigenvalue weighted by molar-refractivity contribution is 7.99. The molecule has 0 amide bonds. The minimum Gasteiger partial charge on any atom is -0.312 e. The van der Waals surface area contributed by atoms with Crippen molar-refractivity contribution in [2.75, 3.05) is 7.05 Å². The molecule has 94 valence electrons. The molecule has 1 aromatic carbocycles. The molecule has 1 unspecified atom stereocenters. The number of pyridine rings is 1. The first kappa shape index (κ1) is 13.1. The number of nitrogens with zero attached hydrogens (tertiary/aromatic N) is 1. The maximum atomic E-state index is 4.48. The molecule has 2 rings (SSSR count). The Morgan fingerprint density at radius 1 is 1.06 bits per heavy atom. The number of aryl methyl sites for hydroxylation is 1. The summed E-state index contributed by atoms with van der Waals surface area (Å²) in [5.41, 5.74) is 2.36. The van der Waals surface area contributed by atoms with E-state index in [4.69, 9.17) is 0 Å². The molecule has 18 heavy (non-hydrogen) atoms. The van der Waals surface area contributed by atoms with Crippen molar-refractivity contribution < 1.29 is 0 Å². The van der Waals surface area contributed by atoms with Gasteiger partial charge >= 0.3 is 0 Å². The highest BCUT2D eigenvalue weighted by atomic mass is 32.2. The lowest BCUT2D eigenvalue weighted by Crippen LogP contribution is -2.13. The Morgan fingerprint density at radius 3 is 2.28 bits per heavy atom. The second kappa shape index (κ2) is 6.03. The van der Waals surface area contributed by atoms with Crippen LogP contribution in [0, 0.1) is 6.92 Å². The van der Waals surface area contributed by atoms with Gasteiger partial charge in [0.25, 0.3) is 0 Å². The molecule has 0 saturated carbocycles. The average molecular weight is 258 g/mol. The van der Waals surface area contributed by atoms with Crippen molar-refractivity contribution in [2.24, 2.45) is 0 Å². The lowest BCUT2D eigenvalue weighted by Gasteiger charge is -2.09. The summed E-state index contributed by atoms with van der Waals surface area (Å²) in [6.45, 7) is 4.21. The van der Waals surface area contributed by atoms with Crippen LogP contribution in [0.4, 0.5) is 0 Å². The smallest absolute Gasteiger partial charge is 0.0571 e. The van der Waals surface area contributed by atoms with Crippen LogP contribution < -0.4 is 5.32 Å². The molecule has 0 saturated heterocycles. The number of nitrogens with one attached hydrogen (secondary N) is 1. The van der Waals surface area contributed by atoms with Gasteiger partial charge in [0.05, 0.1) is 5.69 Å². The zero-order valence-electron chi connectivity index (χ0n) is 11.0. The Balaban J connectivity index is 2.08. The Labute approximate surface area is 113 Å². The minimum atomic E-state index is 0.295. The van der Waals surface area contributed by atoms with Crippen LogP contribution in [0.25, 0.3) is 0 Å². The standard InChI is InChI=1S/C15H18N2S/c1-11-4-6-13(7-5-11)18-14-8-9-15(17-10-14)12(2)16-3/h4-10,12,16H,1-3H3. The second-order valence-electron chi connectivity index (χ2n) is 4.34. The summed E-state index contributed by atoms with van der Waals surface area (Å²) < 4.78 is 0. The first-order valence-corrected chi connectivity index (χ1v) is 6.88. The van der Waals surface area contributed by atoms with Gasteiger partial charge in [-0.3, -0.25) is 4.98 Å². The third-order valence-corrected chi connectivity index (χ3v) is 3.88. The molecule has 1 atom stereocenters. The third kappa shape index (κ3) is 3.34. The molecule has 0 spiro atoms. The second-order valence-corrected chi connectivity index (χ2v) is 5.49. The van der Waals surface area contributed by atoms with Gasteiger partial charge in [-0.1, -0.05) is 29.5 Å². The van der Waals surface area contributed by atoms with Gasteiger partial charge in [-0.25, -0.2) is 0 Å². The molecule has 1 aromatic heterocycles. The minimum absolute atomic E-state index is 0.295. The van der Waals surface area contributed by atoms with Crippen LogP contribution in [0.5, 0.6) is 0 Å². The molecule has 0 aliphatic rings. The fraction of sp³-hybridized carbons (Fsp3) is 0.267. The Kier molecular flexibility index (Phi) is 4.39. The predicted molar refractivity (Wildman–Crippen MR) is 77.0 cm³/mol. The molecule has 3 heteroatoms. The number of aromatic nitrogens is 1. The van der Waals surface area contributed by atoms with E-state index >= 15 is 0 Å². The maximum Gasteiger partial charge on any atom is 0.0571 e. The number of hydrogen-bond donors (Lipinski definition) is 1. The van der Waals surface area contributed by atoms with E-state index in [1.165, 1.54) is 15.4 Å². The maximum absolute atomic E-state index is 4.48. The molecule has 0 radical (unpaired) electrons. The van der Waals surface area contributed by atoms with E-state index in [-0.39, 0.29) is 0 Å². The third-order valence-electron chi connectivity index (χ3n) is 2.89. The Bertz CT molecular complexity index is 491. The van der Waals surface area contributed by atoms with Crippen molar-refractivity contribution in [2.45, 2.75) is 29.7 Å². The zero-order chi connectivity index (χ0) is 13.0. The summed E-state index contributed by atoms with van der Waals surface area (Å²) in [7, 11) is 1.95. The van der Waals surface area contributed by atoms with Crippen LogP contribution in [0.1, 0.15) is 24.2 Å². The van der Waals surface area contributed by atoms with Crippen LogP contribution in [-0.4, -0.2) is 12.0 Å². The van der Waals surface area contributed by atoms with E-state index < -0.39 is 0 Å². The number of rotatable bonds is 4. The summed E-state index contributed by atoms with van der Waals surface area (Å²) >= 11 is 1.74. The van der Waals surface area contributed by atoms with Crippen molar-refractivity contribution >= 4 is 11.8 Å². The van der Waals surface area contributed by atoms with E-state index in [0.717, 1.165) is 5.69 Å². The van der Waals surface area contributed by atoms with Gasteiger partial charge in [0.1, 0.15) is 0 Å². The molecular formula is C15H18N2S. The van der Waals surface area contributed by atoms with E-state index in [0.29, 0.717) is 6.04 Å². The van der Waals surface area contributed by atoms with E-state index in [1.807, 2.05) is 13.2 Å². The Morgan fingerprint density at radius 2 is 1.72 bits per heavy atom. The van der Waals surface area contributed by atoms with E-state index in [2.05, 4.69) is 60.5 Å². The van der Waals surface area contributed by atoms with Gasteiger partial charge in [0.15, 0.2) is 0 Å². The van der Waals surface area contributed by atoms with Crippen LogP contribution in [0.3, 0.4) is 0 Å². The van der Waals surface area contributed by atoms with Crippen LogP contribution in [0.15, 0.2) is 52.4 Å². The van der Waals surface area contributed by atoms with Gasteiger partial charge < -0.3 is 5.32 Å². The molecule has 1 heterocycles. The molecule has 1 N–H and O–H groups in total. The van der Waals surface area contributed by atoms with Gasteiger partial charge in [-0.15, -0.1) is 0 Å². The fourth-order valence-corrected chi connectivity index (χ4v) is 2.38. The largest absolute Gasteiger partial charge is 0.312 e. The number of benzene rings is 1. The monoisotopic (exact) mass is 258 g/mol. The van der Waals surface area contributed by atoms with Gasteiger partial charge in [-0.2, -0.15) is 0 Å². The average Bonchev–Trinajstić information content (AvgIpc) is 2.41. The first-order chi connectivity index (χ1) is 8.69. The summed E-state index contributed by atoms with van der Waals surface area (Å²) in [4.78, 5) is 6.90. The molecule has 2 aromatic rings. The van der Waals surface area contributed by atoms with Crippen LogP contribution in [0.2, 0.25) is 0 Å². The Hall–Kier alpha value is -1.32. The van der Waals surface area contributed by atoms with Crippen LogP contribution >= 0.6 is 11.8 Å². The lowest BCUT2D eigenvalue weighted by atomic mass is 10.2. The van der Waals surface area contributed by atoms with Crippen LogP contribution in [-0.2, 0) is 0 Å². The highest BCUT2D eigenvalue weighted by Crippen LogP contribution is 2.27. The molecule has 0 fully saturated rings. The van der Waals surface area contributed by atoms with E-state index in [1.54, 1.807) is 11.8 Å². The molecule has 0 aliphatic carbocycles. The van der Waals surface area contributed by atoms with Crippen molar-refractivity contribution in [3.63, 3.8) is 0 Å². The molecule has 0 aliphatic heterocycles. The van der Waals surface area contributed by atoms with Crippen molar-refractivity contribution in [3.8, 4) is 0 Å². The normalized spacial score (nSPS) is 12.4. The summed E-state index contributed by atoms with van der Waals surface area (Å²) in [6, 6.07) is 13.1. The SMILES string of the molecule is CNC(C)c1ccc(Sc2ccc(C)cc2)cn1. The molecule has 0 bridgehead atoms. The van der Waals surface area contributed by atoms with Crippen molar-refractivity contribution in [3.05, 3.63) is 53.9 Å². The van der Waals surface area contributed by atoms with Gasteiger partial charge in [-0.05, 0) is 45.2 Å². The highest BCUT2D eigenvalue weighted by Gasteiger charge is 2.04. The van der Waals surface area contributed by atoms with Crippen molar-refractivity contribution in [1.82, 2.24) is 10.3 Å². The number of hydrogen-bond acceptors (Lipinski definition) is 3. The quantitative estimate of drug-likeness (QED) is 0.902. The predicted octanol–water partition coefficient (Wildman–Crippen LogP) is 3.82. The molecular weight excluding hydrogens is 240 g/mol. The summed E-state index contributed by atoms with van der Waals surface area (Å²) in [6.07, 6.45) is 1.94. The lowest BCUT2D eigenvalue weighted by molar-refractivity contribution is 0.631. The van der Waals surface area contributed by atoms with E-state index in [9.17, 15) is 0 Å². The van der Waals surface area contributed by atoms with Gasteiger partial charge in [0.2, 0.25) is 0 Å². The topological polar surface area (TPSA) is 24.9 Å². The zero-order valence-corrected chi connectivity index (χ0v) is 11.8. The van der Waals surface area contributed by atoms with Gasteiger partial charge in [0, 0.05) is 22.0 Å². The summed E-state index contributed by atoms with van der Waals surface area (Å²) in [5.74, 6) is 0. The molecule has 2 nitrogen and oxygen atoms in total. The summed E-state index contributed by atoms with van der Waals surface area (Å²) in [5, 5.41) is 3.19.